The number of piperidine rings is 1. The highest BCUT2D eigenvalue weighted by Crippen LogP contribution is 2.43. The van der Waals surface area contributed by atoms with Crippen LogP contribution in [0.25, 0.3) is 0 Å². The molecule has 0 radical (unpaired) electrons. The molecule has 0 spiro atoms. The zero-order chi connectivity index (χ0) is 25.1. The van der Waals surface area contributed by atoms with Gasteiger partial charge in [0.15, 0.2) is 0 Å². The van der Waals surface area contributed by atoms with Crippen molar-refractivity contribution in [1.29, 1.82) is 0 Å². The molecular weight excluding hydrogens is 446 g/mol. The van der Waals surface area contributed by atoms with Crippen LogP contribution in [-0.2, 0) is 4.79 Å². The predicted molar refractivity (Wildman–Crippen MR) is 146 cm³/mol. The Kier molecular flexibility index (Phi) is 7.19. The standard InChI is InChI=1S/C31H35N3O2/c1-3-30(35)34(26-9-5-4-6-10-26)29-21-22(2)33(28-12-8-7-11-27(28)29)31(36)25-15-13-23(14-16-25)24-17-19-32-20-18-24/h4-16,22,24,29,32H,3,17-21H2,1-2H3/t22-,29+/m0/s1. The van der Waals surface area contributed by atoms with Crippen molar-refractivity contribution in [2.45, 2.75) is 57.5 Å². The number of benzene rings is 3. The van der Waals surface area contributed by atoms with E-state index in [2.05, 4.69) is 30.4 Å². The van der Waals surface area contributed by atoms with Crippen molar-refractivity contribution in [2.24, 2.45) is 0 Å². The lowest BCUT2D eigenvalue weighted by Gasteiger charge is -2.43. The molecule has 2 amide bonds. The van der Waals surface area contributed by atoms with E-state index in [1.165, 1.54) is 5.56 Å². The average molecular weight is 482 g/mol. The van der Waals surface area contributed by atoms with Gasteiger partial charge in [0, 0.05) is 29.4 Å². The van der Waals surface area contributed by atoms with Gasteiger partial charge in [-0.15, -0.1) is 0 Å². The van der Waals surface area contributed by atoms with Gasteiger partial charge in [-0.2, -0.15) is 0 Å². The van der Waals surface area contributed by atoms with E-state index in [9.17, 15) is 9.59 Å². The molecule has 2 aliphatic rings. The smallest absolute Gasteiger partial charge is 0.258 e. The molecule has 0 saturated carbocycles. The Balaban J connectivity index is 1.47. The average Bonchev–Trinajstić information content (AvgIpc) is 2.94. The minimum absolute atomic E-state index is 0.0124. The molecule has 2 atom stereocenters. The van der Waals surface area contributed by atoms with Crippen LogP contribution in [0.4, 0.5) is 11.4 Å². The Morgan fingerprint density at radius 3 is 2.28 bits per heavy atom. The minimum Gasteiger partial charge on any atom is -0.317 e. The predicted octanol–water partition coefficient (Wildman–Crippen LogP) is 6.08. The van der Waals surface area contributed by atoms with Crippen molar-refractivity contribution in [3.05, 3.63) is 95.6 Å². The van der Waals surface area contributed by atoms with Gasteiger partial charge in [-0.3, -0.25) is 9.59 Å². The van der Waals surface area contributed by atoms with E-state index < -0.39 is 0 Å². The van der Waals surface area contributed by atoms with Crippen molar-refractivity contribution in [2.75, 3.05) is 22.9 Å². The van der Waals surface area contributed by atoms with Gasteiger partial charge < -0.3 is 15.1 Å². The fourth-order valence-electron chi connectivity index (χ4n) is 5.78. The molecule has 5 rings (SSSR count). The SMILES string of the molecule is CCC(=O)N(c1ccccc1)[C@@H]1C[C@H](C)N(C(=O)c2ccc(C3CCNCC3)cc2)c2ccccc21. The number of rotatable bonds is 5. The number of hydrogen-bond donors (Lipinski definition) is 1. The maximum absolute atomic E-state index is 13.8. The summed E-state index contributed by atoms with van der Waals surface area (Å²) < 4.78 is 0. The number of nitrogens with one attached hydrogen (secondary N) is 1. The van der Waals surface area contributed by atoms with Crippen LogP contribution in [0.1, 0.15) is 73.0 Å². The molecule has 2 aliphatic heterocycles. The number of anilines is 2. The summed E-state index contributed by atoms with van der Waals surface area (Å²) in [7, 11) is 0. The molecule has 1 saturated heterocycles. The van der Waals surface area contributed by atoms with E-state index in [1.54, 1.807) is 0 Å². The fourth-order valence-corrected chi connectivity index (χ4v) is 5.78. The van der Waals surface area contributed by atoms with Crippen molar-refractivity contribution < 1.29 is 9.59 Å². The van der Waals surface area contributed by atoms with Crippen LogP contribution in [0.2, 0.25) is 0 Å². The molecule has 1 fully saturated rings. The van der Waals surface area contributed by atoms with Crippen molar-refractivity contribution in [3.63, 3.8) is 0 Å². The lowest BCUT2D eigenvalue weighted by molar-refractivity contribution is -0.118. The third-order valence-electron chi connectivity index (χ3n) is 7.66. The molecule has 2 heterocycles. The first-order valence-electron chi connectivity index (χ1n) is 13.2. The second-order valence-corrected chi connectivity index (χ2v) is 9.93. The lowest BCUT2D eigenvalue weighted by Crippen LogP contribution is -2.47. The Bertz CT molecular complexity index is 1200. The first-order chi connectivity index (χ1) is 17.6. The summed E-state index contributed by atoms with van der Waals surface area (Å²) in [5.74, 6) is 0.658. The number of fused-ring (bicyclic) bond motifs is 1. The van der Waals surface area contributed by atoms with Gasteiger partial charge in [-0.1, -0.05) is 55.5 Å². The summed E-state index contributed by atoms with van der Waals surface area (Å²) in [5, 5.41) is 3.42. The van der Waals surface area contributed by atoms with E-state index in [4.69, 9.17) is 0 Å². The number of para-hydroxylation sites is 2. The molecule has 0 bridgehead atoms. The van der Waals surface area contributed by atoms with E-state index in [0.29, 0.717) is 24.3 Å². The van der Waals surface area contributed by atoms with Crippen LogP contribution in [0.15, 0.2) is 78.9 Å². The Morgan fingerprint density at radius 1 is 0.917 bits per heavy atom. The molecule has 0 aromatic heterocycles. The van der Waals surface area contributed by atoms with Crippen LogP contribution in [-0.4, -0.2) is 30.9 Å². The van der Waals surface area contributed by atoms with Crippen LogP contribution in [0.5, 0.6) is 0 Å². The molecule has 36 heavy (non-hydrogen) atoms. The summed E-state index contributed by atoms with van der Waals surface area (Å²) >= 11 is 0. The fraction of sp³-hybridized carbons (Fsp3) is 0.355. The van der Waals surface area contributed by atoms with Crippen LogP contribution < -0.4 is 15.1 Å². The lowest BCUT2D eigenvalue weighted by atomic mass is 9.88. The second-order valence-electron chi connectivity index (χ2n) is 9.93. The van der Waals surface area contributed by atoms with Gasteiger partial charge >= 0.3 is 0 Å². The maximum Gasteiger partial charge on any atom is 0.258 e. The molecule has 0 aliphatic carbocycles. The molecule has 0 unspecified atom stereocenters. The molecule has 3 aromatic rings. The van der Waals surface area contributed by atoms with Crippen LogP contribution in [0, 0.1) is 0 Å². The zero-order valence-electron chi connectivity index (χ0n) is 21.2. The first-order valence-corrected chi connectivity index (χ1v) is 13.2. The van der Waals surface area contributed by atoms with Crippen LogP contribution >= 0.6 is 0 Å². The van der Waals surface area contributed by atoms with Gasteiger partial charge in [-0.05, 0) is 86.7 Å². The minimum atomic E-state index is -0.127. The monoisotopic (exact) mass is 481 g/mol. The van der Waals surface area contributed by atoms with Gasteiger partial charge in [0.1, 0.15) is 0 Å². The number of carbonyl (C=O) groups is 2. The normalized spacial score (nSPS) is 20.0. The van der Waals surface area contributed by atoms with Crippen molar-refractivity contribution >= 4 is 23.2 Å². The molecule has 5 heteroatoms. The van der Waals surface area contributed by atoms with Crippen LogP contribution in [0.3, 0.4) is 0 Å². The van der Waals surface area contributed by atoms with Gasteiger partial charge in [0.05, 0.1) is 6.04 Å². The van der Waals surface area contributed by atoms with Gasteiger partial charge in [0.2, 0.25) is 5.91 Å². The zero-order valence-corrected chi connectivity index (χ0v) is 21.2. The highest BCUT2D eigenvalue weighted by atomic mass is 16.2. The quantitative estimate of drug-likeness (QED) is 0.481. The summed E-state index contributed by atoms with van der Waals surface area (Å²) in [6, 6.07) is 26.0. The summed E-state index contributed by atoms with van der Waals surface area (Å²) in [5.41, 5.74) is 4.82. The molecule has 186 valence electrons. The number of nitrogens with zero attached hydrogens (tertiary/aromatic N) is 2. The number of amides is 2. The molecule has 5 nitrogen and oxygen atoms in total. The molecule has 3 aromatic carbocycles. The third kappa shape index (κ3) is 4.68. The van der Waals surface area contributed by atoms with E-state index in [-0.39, 0.29) is 23.9 Å². The van der Waals surface area contributed by atoms with E-state index in [0.717, 1.165) is 42.9 Å². The maximum atomic E-state index is 13.8. The van der Waals surface area contributed by atoms with Crippen molar-refractivity contribution in [3.8, 4) is 0 Å². The molecular formula is C31H35N3O2. The summed E-state index contributed by atoms with van der Waals surface area (Å²) in [6.07, 6.45) is 3.38. The van der Waals surface area contributed by atoms with Gasteiger partial charge in [0.25, 0.3) is 5.91 Å². The van der Waals surface area contributed by atoms with Gasteiger partial charge in [-0.25, -0.2) is 0 Å². The second kappa shape index (κ2) is 10.7. The third-order valence-corrected chi connectivity index (χ3v) is 7.66. The molecule has 1 N–H and O–H groups in total. The highest BCUT2D eigenvalue weighted by Gasteiger charge is 2.38. The Labute approximate surface area is 214 Å². The Morgan fingerprint density at radius 2 is 1.58 bits per heavy atom. The highest BCUT2D eigenvalue weighted by molar-refractivity contribution is 6.07. The Hall–Kier alpha value is -3.44. The van der Waals surface area contributed by atoms with E-state index >= 15 is 0 Å². The van der Waals surface area contributed by atoms with Crippen molar-refractivity contribution in [1.82, 2.24) is 5.32 Å². The number of carbonyl (C=O) groups excluding carboxylic acids is 2. The topological polar surface area (TPSA) is 52.7 Å². The van der Waals surface area contributed by atoms with E-state index in [1.807, 2.05) is 77.4 Å². The summed E-state index contributed by atoms with van der Waals surface area (Å²) in [4.78, 5) is 30.8. The first kappa shape index (κ1) is 24.3. The largest absolute Gasteiger partial charge is 0.317 e. The summed E-state index contributed by atoms with van der Waals surface area (Å²) in [6.45, 7) is 6.09. The number of hydrogen-bond acceptors (Lipinski definition) is 3.